The Morgan fingerprint density at radius 2 is 1.08 bits per heavy atom. The summed E-state index contributed by atoms with van der Waals surface area (Å²) in [7, 11) is 0. The summed E-state index contributed by atoms with van der Waals surface area (Å²) >= 11 is 0. The largest absolute Gasteiger partial charge is 0.456 e. The van der Waals surface area contributed by atoms with Crippen molar-refractivity contribution in [2.75, 3.05) is 0 Å². The molecule has 6 nitrogen and oxygen atoms in total. The van der Waals surface area contributed by atoms with Crippen LogP contribution in [-0.2, 0) is 0 Å². The lowest BCUT2D eigenvalue weighted by atomic mass is 9.97. The first kappa shape index (κ1) is 28.2. The van der Waals surface area contributed by atoms with Gasteiger partial charge in [0.2, 0.25) is 0 Å². The lowest BCUT2D eigenvalue weighted by Gasteiger charge is -2.32. The molecule has 1 aliphatic rings. The third-order valence-electron chi connectivity index (χ3n) is 10.2. The molecule has 2 N–H and O–H groups in total. The molecule has 0 fully saturated rings. The standard InChI is InChI=1S/C45H29N3O3/c1-2-11-26(12-3-1)43-46-44(32-17-10-22-39-41(32)31-14-5-7-20-36(31)50-39)48-45(47-43)33-18-8-16-29-34-25-27(23-24-37(34)51-42(29)33)28-15-9-21-38-40(28)30-13-4-6-19-35(30)49-38/h1-25,44-45,48H,(H,46,47). The van der Waals surface area contributed by atoms with E-state index in [1.54, 1.807) is 0 Å². The third-order valence-corrected chi connectivity index (χ3v) is 10.2. The monoisotopic (exact) mass is 659 g/mol. The van der Waals surface area contributed by atoms with Crippen molar-refractivity contribution in [3.8, 4) is 11.1 Å². The van der Waals surface area contributed by atoms with Crippen molar-refractivity contribution in [2.24, 2.45) is 4.99 Å². The molecule has 7 aromatic carbocycles. The van der Waals surface area contributed by atoms with E-state index in [4.69, 9.17) is 18.2 Å². The van der Waals surface area contributed by atoms with Gasteiger partial charge in [-0.15, -0.1) is 0 Å². The summed E-state index contributed by atoms with van der Waals surface area (Å²) < 4.78 is 19.2. The molecule has 0 spiro atoms. The number of rotatable bonds is 4. The molecule has 0 bridgehead atoms. The van der Waals surface area contributed by atoms with Gasteiger partial charge in [-0.2, -0.15) is 0 Å². The Hall–Kier alpha value is -6.63. The smallest absolute Gasteiger partial charge is 0.142 e. The first-order valence-electron chi connectivity index (χ1n) is 17.2. The van der Waals surface area contributed by atoms with Crippen molar-refractivity contribution >= 4 is 71.7 Å². The molecule has 1 aliphatic heterocycles. The fraction of sp³-hybridized carbons (Fsp3) is 0.0444. The number of aliphatic imine (C=N–C) groups is 1. The number of fused-ring (bicyclic) bond motifs is 9. The van der Waals surface area contributed by atoms with Gasteiger partial charge in [0.1, 0.15) is 51.7 Å². The van der Waals surface area contributed by atoms with Crippen LogP contribution in [0.2, 0.25) is 0 Å². The van der Waals surface area contributed by atoms with Crippen molar-refractivity contribution in [2.45, 2.75) is 12.3 Å². The van der Waals surface area contributed by atoms with E-state index >= 15 is 0 Å². The molecule has 2 unspecified atom stereocenters. The number of hydrogen-bond donors (Lipinski definition) is 2. The average molecular weight is 660 g/mol. The van der Waals surface area contributed by atoms with Gasteiger partial charge in [-0.1, -0.05) is 115 Å². The third kappa shape index (κ3) is 4.37. The van der Waals surface area contributed by atoms with Crippen LogP contribution in [0.15, 0.2) is 170 Å². The van der Waals surface area contributed by atoms with Crippen LogP contribution in [0.3, 0.4) is 0 Å². The second-order valence-electron chi connectivity index (χ2n) is 13.1. The zero-order chi connectivity index (χ0) is 33.5. The summed E-state index contributed by atoms with van der Waals surface area (Å²) in [6.07, 6.45) is -0.654. The van der Waals surface area contributed by atoms with Crippen molar-refractivity contribution < 1.29 is 13.3 Å². The zero-order valence-electron chi connectivity index (χ0n) is 27.3. The molecule has 0 amide bonds. The van der Waals surface area contributed by atoms with Crippen LogP contribution in [0.25, 0.3) is 76.9 Å². The molecule has 4 heterocycles. The van der Waals surface area contributed by atoms with E-state index in [9.17, 15) is 0 Å². The van der Waals surface area contributed by atoms with Crippen molar-refractivity contribution in [3.63, 3.8) is 0 Å². The molecule has 0 saturated carbocycles. The molecule has 0 radical (unpaired) electrons. The van der Waals surface area contributed by atoms with Gasteiger partial charge >= 0.3 is 0 Å². The minimum absolute atomic E-state index is 0.260. The topological polar surface area (TPSA) is 75.8 Å². The van der Waals surface area contributed by atoms with Crippen LogP contribution in [0.5, 0.6) is 0 Å². The van der Waals surface area contributed by atoms with Gasteiger partial charge in [-0.3, -0.25) is 5.32 Å². The molecule has 3 aromatic heterocycles. The van der Waals surface area contributed by atoms with E-state index in [1.807, 2.05) is 54.6 Å². The highest BCUT2D eigenvalue weighted by Gasteiger charge is 2.30. The first-order chi connectivity index (χ1) is 25.3. The van der Waals surface area contributed by atoms with Gasteiger partial charge < -0.3 is 18.6 Å². The number of nitrogens with zero attached hydrogens (tertiary/aromatic N) is 1. The van der Waals surface area contributed by atoms with Crippen molar-refractivity contribution in [1.82, 2.24) is 10.6 Å². The van der Waals surface area contributed by atoms with Gasteiger partial charge in [0.05, 0.1) is 0 Å². The van der Waals surface area contributed by atoms with Crippen molar-refractivity contribution in [3.05, 3.63) is 168 Å². The molecular formula is C45H29N3O3. The lowest BCUT2D eigenvalue weighted by Crippen LogP contribution is -2.45. The minimum Gasteiger partial charge on any atom is -0.456 e. The Morgan fingerprint density at radius 3 is 1.90 bits per heavy atom. The van der Waals surface area contributed by atoms with E-state index in [0.717, 1.165) is 99.5 Å². The van der Waals surface area contributed by atoms with E-state index in [2.05, 4.69) is 108 Å². The van der Waals surface area contributed by atoms with Crippen LogP contribution in [0, 0.1) is 0 Å². The van der Waals surface area contributed by atoms with Crippen LogP contribution in [0.1, 0.15) is 29.0 Å². The predicted molar refractivity (Wildman–Crippen MR) is 205 cm³/mol. The molecule has 2 atom stereocenters. The highest BCUT2D eigenvalue weighted by molar-refractivity contribution is 6.14. The van der Waals surface area contributed by atoms with Gasteiger partial charge in [0.25, 0.3) is 0 Å². The van der Waals surface area contributed by atoms with Crippen molar-refractivity contribution in [1.29, 1.82) is 0 Å². The predicted octanol–water partition coefficient (Wildman–Crippen LogP) is 11.4. The zero-order valence-corrected chi connectivity index (χ0v) is 27.3. The Labute approximate surface area is 291 Å². The van der Waals surface area contributed by atoms with Crippen LogP contribution >= 0.6 is 0 Å². The molecular weight excluding hydrogens is 631 g/mol. The molecule has 51 heavy (non-hydrogen) atoms. The van der Waals surface area contributed by atoms with Gasteiger partial charge in [-0.05, 0) is 47.5 Å². The number of nitrogens with one attached hydrogen (secondary N) is 2. The summed E-state index contributed by atoms with van der Waals surface area (Å²) in [6, 6.07) is 52.0. The van der Waals surface area contributed by atoms with Gasteiger partial charge in [0, 0.05) is 49.0 Å². The molecule has 10 aromatic rings. The normalized spacial score (nSPS) is 16.4. The maximum Gasteiger partial charge on any atom is 0.142 e. The molecule has 242 valence electrons. The number of para-hydroxylation sites is 3. The van der Waals surface area contributed by atoms with Gasteiger partial charge in [-0.25, -0.2) is 4.99 Å². The summed E-state index contributed by atoms with van der Waals surface area (Å²) in [5.41, 5.74) is 10.5. The summed E-state index contributed by atoms with van der Waals surface area (Å²) in [5.74, 6) is 0.810. The highest BCUT2D eigenvalue weighted by Crippen LogP contribution is 2.41. The number of furan rings is 3. The molecule has 0 aliphatic carbocycles. The SMILES string of the molecule is c1ccc(C2=NC(c3cccc4c3oc3ccc(-c5cccc6oc7ccccc7c56)cc34)NC(c3cccc4oc5ccccc5c34)N2)cc1. The summed E-state index contributed by atoms with van der Waals surface area (Å²) in [4.78, 5) is 5.27. The fourth-order valence-corrected chi connectivity index (χ4v) is 7.88. The van der Waals surface area contributed by atoms with E-state index in [1.165, 1.54) is 0 Å². The van der Waals surface area contributed by atoms with E-state index < -0.39 is 6.17 Å². The summed E-state index contributed by atoms with van der Waals surface area (Å²) in [6.45, 7) is 0. The Morgan fingerprint density at radius 1 is 0.451 bits per heavy atom. The number of benzene rings is 7. The Bertz CT molecular complexity index is 3000. The Kier molecular flexibility index (Phi) is 6.05. The molecule has 6 heteroatoms. The second kappa shape index (κ2) is 10.9. The van der Waals surface area contributed by atoms with Crippen LogP contribution in [-0.4, -0.2) is 5.84 Å². The fourth-order valence-electron chi connectivity index (χ4n) is 7.88. The van der Waals surface area contributed by atoms with E-state index in [-0.39, 0.29) is 6.17 Å². The van der Waals surface area contributed by atoms with Crippen LogP contribution < -0.4 is 10.6 Å². The first-order valence-corrected chi connectivity index (χ1v) is 17.2. The summed E-state index contributed by atoms with van der Waals surface area (Å²) in [5, 5.41) is 14.0. The quantitative estimate of drug-likeness (QED) is 0.197. The molecule has 0 saturated heterocycles. The highest BCUT2D eigenvalue weighted by atomic mass is 16.3. The maximum atomic E-state index is 6.70. The van der Waals surface area contributed by atoms with Crippen LogP contribution in [0.4, 0.5) is 0 Å². The number of amidine groups is 1. The van der Waals surface area contributed by atoms with E-state index in [0.29, 0.717) is 0 Å². The average Bonchev–Trinajstić information content (AvgIpc) is 3.89. The van der Waals surface area contributed by atoms with Gasteiger partial charge in [0.15, 0.2) is 0 Å². The Balaban J connectivity index is 1.07. The minimum atomic E-state index is -0.394. The molecule has 11 rings (SSSR count). The second-order valence-corrected chi connectivity index (χ2v) is 13.1. The maximum absolute atomic E-state index is 6.70. The lowest BCUT2D eigenvalue weighted by molar-refractivity contribution is 0.410. The number of hydrogen-bond acceptors (Lipinski definition) is 6.